The fourth-order valence-electron chi connectivity index (χ4n) is 4.02. The van der Waals surface area contributed by atoms with Crippen LogP contribution in [0.1, 0.15) is 49.8 Å². The van der Waals surface area contributed by atoms with E-state index in [-0.39, 0.29) is 31.3 Å². The molecule has 0 aliphatic rings. The van der Waals surface area contributed by atoms with Crippen LogP contribution in [0, 0.1) is 13.8 Å². The lowest BCUT2D eigenvalue weighted by Gasteiger charge is -2.31. The van der Waals surface area contributed by atoms with Crippen LogP contribution in [-0.4, -0.2) is 50.5 Å². The predicted octanol–water partition coefficient (Wildman–Crippen LogP) is 5.10. The fraction of sp³-hybridized carbons (Fsp3) is 0.462. The van der Waals surface area contributed by atoms with Crippen molar-refractivity contribution in [1.29, 1.82) is 0 Å². The first-order valence-corrected chi connectivity index (χ1v) is 14.6. The number of hydrogen-bond acceptors (Lipinski definition) is 4. The smallest absolute Gasteiger partial charge is 0.242 e. The lowest BCUT2D eigenvalue weighted by molar-refractivity contribution is -0.141. The summed E-state index contributed by atoms with van der Waals surface area (Å²) < 4.78 is 26.5. The van der Waals surface area contributed by atoms with E-state index < -0.39 is 16.1 Å². The number of anilines is 1. The Labute approximate surface area is 224 Å². The number of aryl methyl sites for hydroxylation is 2. The molecular weight excluding hydrogens is 521 g/mol. The second kappa shape index (κ2) is 13.3. The van der Waals surface area contributed by atoms with Crippen molar-refractivity contribution in [2.75, 3.05) is 23.7 Å². The average Bonchev–Trinajstić information content (AvgIpc) is 2.80. The van der Waals surface area contributed by atoms with E-state index in [1.165, 1.54) is 9.21 Å². The Balaban J connectivity index is 2.26. The van der Waals surface area contributed by atoms with Crippen LogP contribution >= 0.6 is 23.2 Å². The monoisotopic (exact) mass is 555 g/mol. The summed E-state index contributed by atoms with van der Waals surface area (Å²) in [6.45, 7) is 8.20. The molecular formula is C26H35Cl2N3O4S. The molecule has 2 rings (SSSR count). The largest absolute Gasteiger partial charge is 0.355 e. The van der Waals surface area contributed by atoms with Gasteiger partial charge >= 0.3 is 0 Å². The molecule has 0 heterocycles. The van der Waals surface area contributed by atoms with Crippen LogP contribution in [-0.2, 0) is 26.2 Å². The molecule has 2 aromatic rings. The van der Waals surface area contributed by atoms with Crippen LogP contribution in [0.15, 0.2) is 36.4 Å². The van der Waals surface area contributed by atoms with Crippen molar-refractivity contribution in [3.8, 4) is 0 Å². The molecule has 2 amide bonds. The van der Waals surface area contributed by atoms with E-state index in [0.717, 1.165) is 22.9 Å². The maximum atomic E-state index is 13.4. The van der Waals surface area contributed by atoms with Gasteiger partial charge in [-0.15, -0.1) is 0 Å². The number of nitrogens with one attached hydrogen (secondary N) is 1. The van der Waals surface area contributed by atoms with E-state index in [2.05, 4.69) is 5.32 Å². The van der Waals surface area contributed by atoms with Gasteiger partial charge in [-0.3, -0.25) is 13.9 Å². The van der Waals surface area contributed by atoms with Gasteiger partial charge in [0.1, 0.15) is 6.04 Å². The number of amides is 2. The van der Waals surface area contributed by atoms with Crippen molar-refractivity contribution < 1.29 is 18.0 Å². The number of likely N-dealkylation sites (N-methyl/N-ethyl adjacent to an activating group) is 1. The fourth-order valence-corrected chi connectivity index (χ4v) is 5.35. The van der Waals surface area contributed by atoms with Crippen LogP contribution in [0.3, 0.4) is 0 Å². The van der Waals surface area contributed by atoms with Gasteiger partial charge in [0.05, 0.1) is 22.0 Å². The van der Waals surface area contributed by atoms with E-state index in [0.29, 0.717) is 35.1 Å². The SMILES string of the molecule is CCNC(=O)[C@@H](CC)N(Cc1ccc(Cl)c(Cl)c1)C(=O)CCCN(c1cc(C)ccc1C)S(C)(=O)=O. The minimum absolute atomic E-state index is 0.0775. The van der Waals surface area contributed by atoms with Crippen LogP contribution in [0.25, 0.3) is 0 Å². The van der Waals surface area contributed by atoms with E-state index in [9.17, 15) is 18.0 Å². The summed E-state index contributed by atoms with van der Waals surface area (Å²) in [6, 6.07) is 10.1. The van der Waals surface area contributed by atoms with Crippen LogP contribution in [0.2, 0.25) is 10.0 Å². The molecule has 0 aliphatic heterocycles. The van der Waals surface area contributed by atoms with Crippen molar-refractivity contribution in [1.82, 2.24) is 10.2 Å². The number of rotatable bonds is 12. The maximum absolute atomic E-state index is 13.4. The maximum Gasteiger partial charge on any atom is 0.242 e. The quantitative estimate of drug-likeness (QED) is 0.394. The molecule has 0 saturated heterocycles. The number of nitrogens with zero attached hydrogens (tertiary/aromatic N) is 2. The Morgan fingerprint density at radius 2 is 1.72 bits per heavy atom. The zero-order valence-electron chi connectivity index (χ0n) is 21.5. The number of benzene rings is 2. The predicted molar refractivity (Wildman–Crippen MR) is 147 cm³/mol. The summed E-state index contributed by atoms with van der Waals surface area (Å²) >= 11 is 12.2. The Bertz CT molecular complexity index is 1190. The molecule has 0 unspecified atom stereocenters. The Morgan fingerprint density at radius 3 is 2.31 bits per heavy atom. The molecule has 0 aliphatic carbocycles. The zero-order chi connectivity index (χ0) is 27.0. The Morgan fingerprint density at radius 1 is 1.03 bits per heavy atom. The molecule has 0 fully saturated rings. The summed E-state index contributed by atoms with van der Waals surface area (Å²) in [5, 5.41) is 3.57. The molecule has 198 valence electrons. The summed E-state index contributed by atoms with van der Waals surface area (Å²) in [5.41, 5.74) is 3.13. The highest BCUT2D eigenvalue weighted by Gasteiger charge is 2.29. The zero-order valence-corrected chi connectivity index (χ0v) is 23.8. The first-order chi connectivity index (χ1) is 16.9. The van der Waals surface area contributed by atoms with E-state index in [1.807, 2.05) is 45.9 Å². The van der Waals surface area contributed by atoms with Crippen molar-refractivity contribution in [3.05, 3.63) is 63.1 Å². The van der Waals surface area contributed by atoms with Crippen molar-refractivity contribution in [3.63, 3.8) is 0 Å². The lowest BCUT2D eigenvalue weighted by atomic mass is 10.1. The van der Waals surface area contributed by atoms with Crippen molar-refractivity contribution >= 4 is 50.7 Å². The highest BCUT2D eigenvalue weighted by Crippen LogP contribution is 2.26. The average molecular weight is 557 g/mol. The van der Waals surface area contributed by atoms with Gasteiger partial charge in [-0.2, -0.15) is 0 Å². The van der Waals surface area contributed by atoms with E-state index in [4.69, 9.17) is 23.2 Å². The third-order valence-corrected chi connectivity index (χ3v) is 7.78. The Kier molecular flexibility index (Phi) is 11.1. The molecule has 0 bridgehead atoms. The number of hydrogen-bond donors (Lipinski definition) is 1. The van der Waals surface area contributed by atoms with Gasteiger partial charge in [0.25, 0.3) is 0 Å². The number of halogens is 2. The first-order valence-electron chi connectivity index (χ1n) is 11.9. The number of carbonyl (C=O) groups excluding carboxylic acids is 2. The molecule has 2 aromatic carbocycles. The molecule has 0 radical (unpaired) electrons. The van der Waals surface area contributed by atoms with Gasteiger partial charge in [0.15, 0.2) is 0 Å². The summed E-state index contributed by atoms with van der Waals surface area (Å²) in [4.78, 5) is 27.7. The minimum Gasteiger partial charge on any atom is -0.355 e. The van der Waals surface area contributed by atoms with Gasteiger partial charge in [-0.05, 0) is 68.5 Å². The summed E-state index contributed by atoms with van der Waals surface area (Å²) in [7, 11) is -3.56. The van der Waals surface area contributed by atoms with Crippen LogP contribution < -0.4 is 9.62 Å². The summed E-state index contributed by atoms with van der Waals surface area (Å²) in [6.07, 6.45) is 1.96. The second-order valence-electron chi connectivity index (χ2n) is 8.82. The molecule has 1 atom stereocenters. The van der Waals surface area contributed by atoms with Gasteiger partial charge < -0.3 is 10.2 Å². The standard InChI is InChI=1S/C26H35Cl2N3O4S/c1-6-23(26(33)29-7-2)30(17-20-12-13-21(27)22(28)16-20)25(32)9-8-14-31(36(5,34)35)24-15-18(3)10-11-19(24)4/h10-13,15-16,23H,6-9,14,17H2,1-5H3,(H,29,33)/t23-/m1/s1. The van der Waals surface area contributed by atoms with Gasteiger partial charge in [-0.25, -0.2) is 8.42 Å². The third kappa shape index (κ3) is 8.11. The van der Waals surface area contributed by atoms with Crippen LogP contribution in [0.4, 0.5) is 5.69 Å². The highest BCUT2D eigenvalue weighted by atomic mass is 35.5. The second-order valence-corrected chi connectivity index (χ2v) is 11.5. The number of carbonyl (C=O) groups is 2. The van der Waals surface area contributed by atoms with Gasteiger partial charge in [0.2, 0.25) is 21.8 Å². The topological polar surface area (TPSA) is 86.8 Å². The molecule has 36 heavy (non-hydrogen) atoms. The van der Waals surface area contributed by atoms with Gasteiger partial charge in [-0.1, -0.05) is 48.3 Å². The molecule has 0 spiro atoms. The summed E-state index contributed by atoms with van der Waals surface area (Å²) in [5.74, 6) is -0.477. The van der Waals surface area contributed by atoms with Crippen LogP contribution in [0.5, 0.6) is 0 Å². The lowest BCUT2D eigenvalue weighted by Crippen LogP contribution is -2.49. The molecule has 1 N–H and O–H groups in total. The molecule has 7 nitrogen and oxygen atoms in total. The first kappa shape index (κ1) is 29.9. The number of sulfonamides is 1. The van der Waals surface area contributed by atoms with Crippen molar-refractivity contribution in [2.45, 2.75) is 59.5 Å². The van der Waals surface area contributed by atoms with E-state index in [1.54, 1.807) is 18.2 Å². The third-order valence-electron chi connectivity index (χ3n) is 5.86. The van der Waals surface area contributed by atoms with Crippen molar-refractivity contribution in [2.24, 2.45) is 0 Å². The molecule has 10 heteroatoms. The minimum atomic E-state index is -3.56. The van der Waals surface area contributed by atoms with E-state index >= 15 is 0 Å². The molecule has 0 saturated carbocycles. The van der Waals surface area contributed by atoms with Gasteiger partial charge in [0, 0.05) is 26.1 Å². The molecule has 0 aromatic heterocycles. The highest BCUT2D eigenvalue weighted by molar-refractivity contribution is 7.92. The normalized spacial score (nSPS) is 12.2. The Hall–Kier alpha value is -2.29.